The Morgan fingerprint density at radius 3 is 2.62 bits per heavy atom. The Bertz CT molecular complexity index is 405. The first-order valence-corrected chi connectivity index (χ1v) is 6.32. The van der Waals surface area contributed by atoms with Gasteiger partial charge in [0.05, 0.1) is 10.9 Å². The van der Waals surface area contributed by atoms with Gasteiger partial charge in [0.2, 0.25) is 11.8 Å². The second kappa shape index (κ2) is 4.70. The summed E-state index contributed by atoms with van der Waals surface area (Å²) in [5.41, 5.74) is 0.678. The number of amides is 2. The third-order valence-corrected chi connectivity index (χ3v) is 3.59. The minimum Gasteiger partial charge on any atom is -0.274 e. The molecule has 2 rings (SSSR count). The zero-order valence-corrected chi connectivity index (χ0v) is 9.87. The second-order valence-electron chi connectivity index (χ2n) is 3.55. The fourth-order valence-corrected chi connectivity index (χ4v) is 2.69. The van der Waals surface area contributed by atoms with Crippen molar-refractivity contribution in [2.45, 2.75) is 18.6 Å². The number of hydrogen-bond acceptors (Lipinski definition) is 3. The zero-order valence-electron chi connectivity index (χ0n) is 9.05. The lowest BCUT2D eigenvalue weighted by molar-refractivity contribution is -0.121. The zero-order chi connectivity index (χ0) is 11.5. The van der Waals surface area contributed by atoms with E-state index in [1.807, 2.05) is 25.1 Å². The van der Waals surface area contributed by atoms with E-state index in [1.165, 1.54) is 16.7 Å². The Hall–Kier alpha value is -1.29. The van der Waals surface area contributed by atoms with E-state index < -0.39 is 0 Å². The lowest BCUT2D eigenvalue weighted by Crippen LogP contribution is -2.31. The summed E-state index contributed by atoms with van der Waals surface area (Å²) in [5.74, 6) is 0.678. The highest BCUT2D eigenvalue weighted by Gasteiger charge is 2.39. The Labute approximate surface area is 98.8 Å². The molecule has 1 atom stereocenters. The number of anilines is 1. The molecular formula is C12H13NO2S. The van der Waals surface area contributed by atoms with Crippen molar-refractivity contribution in [3.63, 3.8) is 0 Å². The minimum absolute atomic E-state index is 0.0805. The number of benzene rings is 1. The summed E-state index contributed by atoms with van der Waals surface area (Å²) in [6.45, 7) is 1.99. The number of carbonyl (C=O) groups excluding carboxylic acids is 2. The number of carbonyl (C=O) groups is 2. The summed E-state index contributed by atoms with van der Waals surface area (Å²) in [7, 11) is 0. The van der Waals surface area contributed by atoms with Crippen LogP contribution in [0.25, 0.3) is 0 Å². The van der Waals surface area contributed by atoms with E-state index in [9.17, 15) is 9.59 Å². The van der Waals surface area contributed by atoms with Gasteiger partial charge in [0.1, 0.15) is 0 Å². The molecule has 0 N–H and O–H groups in total. The van der Waals surface area contributed by atoms with Crippen molar-refractivity contribution in [3.8, 4) is 0 Å². The molecular weight excluding hydrogens is 222 g/mol. The standard InChI is InChI=1S/C12H13NO2S/c1-2-16-10-8-11(14)13(12(10)15)9-6-4-3-5-7-9/h3-7,10H,2,8H2,1H3/t10-/m1/s1. The average Bonchev–Trinajstić information content (AvgIpc) is 2.56. The maximum absolute atomic E-state index is 12.0. The molecule has 1 fully saturated rings. The molecule has 3 nitrogen and oxygen atoms in total. The molecule has 1 aromatic rings. The van der Waals surface area contributed by atoms with Crippen molar-refractivity contribution in [1.82, 2.24) is 0 Å². The third kappa shape index (κ3) is 1.97. The van der Waals surface area contributed by atoms with E-state index in [4.69, 9.17) is 0 Å². The molecule has 2 amide bonds. The van der Waals surface area contributed by atoms with Crippen LogP contribution in [0.1, 0.15) is 13.3 Å². The monoisotopic (exact) mass is 235 g/mol. The van der Waals surface area contributed by atoms with Gasteiger partial charge >= 0.3 is 0 Å². The predicted octanol–water partition coefficient (Wildman–Crippen LogP) is 2.07. The van der Waals surface area contributed by atoms with Gasteiger partial charge in [-0.3, -0.25) is 9.59 Å². The molecule has 1 saturated heterocycles. The van der Waals surface area contributed by atoms with Gasteiger partial charge in [-0.05, 0) is 17.9 Å². The number of thioether (sulfide) groups is 1. The summed E-state index contributed by atoms with van der Waals surface area (Å²) < 4.78 is 0. The van der Waals surface area contributed by atoms with Crippen LogP contribution in [0.2, 0.25) is 0 Å². The van der Waals surface area contributed by atoms with Crippen molar-refractivity contribution >= 4 is 29.3 Å². The normalized spacial score (nSPS) is 20.6. The van der Waals surface area contributed by atoms with Crippen LogP contribution in [-0.2, 0) is 9.59 Å². The Balaban J connectivity index is 2.23. The van der Waals surface area contributed by atoms with Crippen LogP contribution in [0.3, 0.4) is 0 Å². The first-order valence-electron chi connectivity index (χ1n) is 5.27. The maximum Gasteiger partial charge on any atom is 0.247 e. The topological polar surface area (TPSA) is 37.4 Å². The summed E-state index contributed by atoms with van der Waals surface area (Å²) >= 11 is 1.54. The van der Waals surface area contributed by atoms with Gasteiger partial charge < -0.3 is 0 Å². The predicted molar refractivity (Wildman–Crippen MR) is 65.5 cm³/mol. The molecule has 4 heteroatoms. The third-order valence-electron chi connectivity index (χ3n) is 2.49. The van der Waals surface area contributed by atoms with Gasteiger partial charge in [0.15, 0.2) is 0 Å². The Kier molecular flexibility index (Phi) is 3.29. The SMILES string of the molecule is CCS[C@@H]1CC(=O)N(c2ccccc2)C1=O. The second-order valence-corrected chi connectivity index (χ2v) is 5.03. The largest absolute Gasteiger partial charge is 0.274 e. The highest BCUT2D eigenvalue weighted by atomic mass is 32.2. The minimum atomic E-state index is -0.197. The van der Waals surface area contributed by atoms with Crippen molar-refractivity contribution in [3.05, 3.63) is 30.3 Å². The highest BCUT2D eigenvalue weighted by molar-refractivity contribution is 8.00. The molecule has 0 unspecified atom stereocenters. The Morgan fingerprint density at radius 1 is 1.31 bits per heavy atom. The van der Waals surface area contributed by atoms with Crippen molar-refractivity contribution in [1.29, 1.82) is 0 Å². The molecule has 0 saturated carbocycles. The van der Waals surface area contributed by atoms with Gasteiger partial charge in [0.25, 0.3) is 0 Å². The van der Waals surface area contributed by atoms with Gasteiger partial charge in [0, 0.05) is 6.42 Å². The molecule has 1 aliphatic heterocycles. The number of hydrogen-bond donors (Lipinski definition) is 0. The smallest absolute Gasteiger partial charge is 0.247 e. The molecule has 0 spiro atoms. The molecule has 0 aromatic heterocycles. The summed E-state index contributed by atoms with van der Waals surface area (Å²) in [6, 6.07) is 9.10. The molecule has 0 aliphatic carbocycles. The molecule has 0 radical (unpaired) electrons. The molecule has 1 heterocycles. The molecule has 84 valence electrons. The molecule has 1 aliphatic rings. The molecule has 1 aromatic carbocycles. The summed E-state index contributed by atoms with van der Waals surface area (Å²) in [6.07, 6.45) is 0.326. The fourth-order valence-electron chi connectivity index (χ4n) is 1.78. The first kappa shape index (κ1) is 11.2. The number of para-hydroxylation sites is 1. The lowest BCUT2D eigenvalue weighted by Gasteiger charge is -2.14. The van der Waals surface area contributed by atoms with Crippen LogP contribution in [0.15, 0.2) is 30.3 Å². The summed E-state index contributed by atoms with van der Waals surface area (Å²) in [5, 5.41) is -0.197. The van der Waals surface area contributed by atoms with Crippen molar-refractivity contribution in [2.24, 2.45) is 0 Å². The van der Waals surface area contributed by atoms with Crippen molar-refractivity contribution < 1.29 is 9.59 Å². The van der Waals surface area contributed by atoms with Gasteiger partial charge in [-0.15, -0.1) is 11.8 Å². The average molecular weight is 235 g/mol. The quantitative estimate of drug-likeness (QED) is 0.753. The number of imide groups is 1. The van der Waals surface area contributed by atoms with E-state index in [1.54, 1.807) is 12.1 Å². The van der Waals surface area contributed by atoms with Crippen LogP contribution >= 0.6 is 11.8 Å². The van der Waals surface area contributed by atoms with E-state index in [0.29, 0.717) is 12.1 Å². The van der Waals surface area contributed by atoms with E-state index in [-0.39, 0.29) is 17.1 Å². The van der Waals surface area contributed by atoms with Gasteiger partial charge in [-0.25, -0.2) is 4.90 Å². The summed E-state index contributed by atoms with van der Waals surface area (Å²) in [4.78, 5) is 25.1. The van der Waals surface area contributed by atoms with E-state index >= 15 is 0 Å². The molecule has 16 heavy (non-hydrogen) atoms. The number of nitrogens with zero attached hydrogens (tertiary/aromatic N) is 1. The van der Waals surface area contributed by atoms with Crippen LogP contribution in [0.5, 0.6) is 0 Å². The van der Waals surface area contributed by atoms with Gasteiger partial charge in [-0.2, -0.15) is 0 Å². The first-order chi connectivity index (χ1) is 7.74. The molecule has 0 bridgehead atoms. The van der Waals surface area contributed by atoms with Crippen LogP contribution in [0.4, 0.5) is 5.69 Å². The lowest BCUT2D eigenvalue weighted by atomic mass is 10.3. The van der Waals surface area contributed by atoms with Gasteiger partial charge in [-0.1, -0.05) is 25.1 Å². The number of rotatable bonds is 3. The fraction of sp³-hybridized carbons (Fsp3) is 0.333. The van der Waals surface area contributed by atoms with Crippen LogP contribution < -0.4 is 4.90 Å². The van der Waals surface area contributed by atoms with E-state index in [2.05, 4.69) is 0 Å². The van der Waals surface area contributed by atoms with Crippen molar-refractivity contribution in [2.75, 3.05) is 10.7 Å². The Morgan fingerprint density at radius 2 is 2.00 bits per heavy atom. The maximum atomic E-state index is 12.0. The van der Waals surface area contributed by atoms with E-state index in [0.717, 1.165) is 5.75 Å². The highest BCUT2D eigenvalue weighted by Crippen LogP contribution is 2.29. The van der Waals surface area contributed by atoms with Crippen LogP contribution in [0, 0.1) is 0 Å². The van der Waals surface area contributed by atoms with Crippen LogP contribution in [-0.4, -0.2) is 22.8 Å².